The Kier molecular flexibility index (Phi) is 10.6. The molecule has 3 aromatic carbocycles. The van der Waals surface area contributed by atoms with E-state index in [4.69, 9.17) is 4.74 Å². The maximum absolute atomic E-state index is 14.0. The molecular weight excluding hydrogens is 550 g/mol. The van der Waals surface area contributed by atoms with Crippen LogP contribution in [0, 0.1) is 6.92 Å². The molecule has 0 heterocycles. The molecule has 1 fully saturated rings. The van der Waals surface area contributed by atoms with Crippen molar-refractivity contribution in [3.8, 4) is 11.5 Å². The van der Waals surface area contributed by atoms with E-state index < -0.39 is 28.5 Å². The third kappa shape index (κ3) is 8.58. The van der Waals surface area contributed by atoms with E-state index in [2.05, 4.69) is 5.32 Å². The molecule has 1 saturated carbocycles. The Labute approximate surface area is 249 Å². The van der Waals surface area contributed by atoms with Crippen LogP contribution in [0.4, 0.5) is 5.69 Å². The molecule has 1 aliphatic rings. The Morgan fingerprint density at radius 2 is 1.52 bits per heavy atom. The number of hydrogen-bond donors (Lipinski definition) is 1. The maximum Gasteiger partial charge on any atom is 0.244 e. The zero-order valence-electron chi connectivity index (χ0n) is 24.7. The monoisotopic (exact) mass is 591 g/mol. The summed E-state index contributed by atoms with van der Waals surface area (Å²) in [7, 11) is -3.83. The highest BCUT2D eigenvalue weighted by Gasteiger charge is 2.32. The van der Waals surface area contributed by atoms with Gasteiger partial charge in [0.1, 0.15) is 24.1 Å². The van der Waals surface area contributed by atoms with Crippen LogP contribution in [0.25, 0.3) is 0 Å². The second-order valence-electron chi connectivity index (χ2n) is 11.0. The normalized spacial score (nSPS) is 14.5. The van der Waals surface area contributed by atoms with E-state index in [1.807, 2.05) is 68.4 Å². The first-order valence-electron chi connectivity index (χ1n) is 14.6. The van der Waals surface area contributed by atoms with Crippen LogP contribution < -0.4 is 14.4 Å². The maximum atomic E-state index is 14.0. The zero-order chi connectivity index (χ0) is 30.1. The first-order valence-corrected chi connectivity index (χ1v) is 16.4. The van der Waals surface area contributed by atoms with Gasteiger partial charge in [-0.3, -0.25) is 13.9 Å². The van der Waals surface area contributed by atoms with Crippen LogP contribution in [0.3, 0.4) is 0 Å². The predicted octanol–water partition coefficient (Wildman–Crippen LogP) is 5.81. The van der Waals surface area contributed by atoms with E-state index in [0.29, 0.717) is 23.6 Å². The molecule has 224 valence electrons. The van der Waals surface area contributed by atoms with Gasteiger partial charge in [-0.25, -0.2) is 8.42 Å². The summed E-state index contributed by atoms with van der Waals surface area (Å²) < 4.78 is 32.8. The molecule has 0 unspecified atom stereocenters. The molecule has 0 radical (unpaired) electrons. The highest BCUT2D eigenvalue weighted by Crippen LogP contribution is 2.26. The van der Waals surface area contributed by atoms with E-state index in [1.165, 1.54) is 11.3 Å². The average Bonchev–Trinajstić information content (AvgIpc) is 2.98. The number of amides is 2. The molecule has 1 N–H and O–H groups in total. The molecule has 0 aromatic heterocycles. The van der Waals surface area contributed by atoms with E-state index in [-0.39, 0.29) is 18.5 Å². The van der Waals surface area contributed by atoms with Crippen molar-refractivity contribution in [2.45, 2.75) is 71.0 Å². The number of aryl methyl sites for hydroxylation is 1. The lowest BCUT2D eigenvalue weighted by molar-refractivity contribution is -0.140. The van der Waals surface area contributed by atoms with Crippen LogP contribution in [0.1, 0.15) is 56.6 Å². The van der Waals surface area contributed by atoms with E-state index in [0.717, 1.165) is 47.4 Å². The lowest BCUT2D eigenvalue weighted by Crippen LogP contribution is -2.53. The number of ether oxygens (including phenoxy) is 1. The van der Waals surface area contributed by atoms with Gasteiger partial charge in [0.25, 0.3) is 0 Å². The third-order valence-corrected chi connectivity index (χ3v) is 8.73. The molecular formula is C33H41N3O5S. The quantitative estimate of drug-likeness (QED) is 0.287. The summed E-state index contributed by atoms with van der Waals surface area (Å²) in [6.07, 6.45) is 6.66. The average molecular weight is 592 g/mol. The SMILES string of the molecule is CC[C@H](C(=O)NC1CCCCC1)N(Cc1ccc(C)cc1)C(=O)CN(c1ccc(Oc2ccccc2)cc1)S(C)(=O)=O. The van der Waals surface area contributed by atoms with Crippen molar-refractivity contribution in [2.75, 3.05) is 17.1 Å². The first kappa shape index (κ1) is 31.1. The number of rotatable bonds is 12. The van der Waals surface area contributed by atoms with E-state index in [1.54, 1.807) is 24.3 Å². The van der Waals surface area contributed by atoms with Crippen LogP contribution in [0.5, 0.6) is 11.5 Å². The van der Waals surface area contributed by atoms with Crippen molar-refractivity contribution in [1.82, 2.24) is 10.2 Å². The fraction of sp³-hybridized carbons (Fsp3) is 0.394. The number of nitrogens with zero attached hydrogens (tertiary/aromatic N) is 2. The van der Waals surface area contributed by atoms with Gasteiger partial charge in [-0.2, -0.15) is 0 Å². The molecule has 0 bridgehead atoms. The van der Waals surface area contributed by atoms with Crippen molar-refractivity contribution in [3.05, 3.63) is 90.0 Å². The van der Waals surface area contributed by atoms with Gasteiger partial charge in [0.2, 0.25) is 21.8 Å². The summed E-state index contributed by atoms with van der Waals surface area (Å²) >= 11 is 0. The number of sulfonamides is 1. The fourth-order valence-electron chi connectivity index (χ4n) is 5.27. The fourth-order valence-corrected chi connectivity index (χ4v) is 6.12. The number of carbonyl (C=O) groups is 2. The second-order valence-corrected chi connectivity index (χ2v) is 12.9. The topological polar surface area (TPSA) is 96.0 Å². The molecule has 1 atom stereocenters. The smallest absolute Gasteiger partial charge is 0.244 e. The third-order valence-electron chi connectivity index (χ3n) is 7.59. The molecule has 42 heavy (non-hydrogen) atoms. The van der Waals surface area contributed by atoms with Gasteiger partial charge in [0.15, 0.2) is 0 Å². The molecule has 3 aromatic rings. The minimum Gasteiger partial charge on any atom is -0.457 e. The van der Waals surface area contributed by atoms with Crippen molar-refractivity contribution in [3.63, 3.8) is 0 Å². The molecule has 9 heteroatoms. The van der Waals surface area contributed by atoms with Crippen molar-refractivity contribution in [1.29, 1.82) is 0 Å². The zero-order valence-corrected chi connectivity index (χ0v) is 25.5. The van der Waals surface area contributed by atoms with Gasteiger partial charge >= 0.3 is 0 Å². The van der Waals surface area contributed by atoms with Crippen LogP contribution >= 0.6 is 0 Å². The summed E-state index contributed by atoms with van der Waals surface area (Å²) in [4.78, 5) is 29.0. The van der Waals surface area contributed by atoms with Crippen molar-refractivity contribution < 1.29 is 22.7 Å². The minimum absolute atomic E-state index is 0.0979. The van der Waals surface area contributed by atoms with Crippen LogP contribution in [-0.4, -0.2) is 50.0 Å². The molecule has 2 amide bonds. The molecule has 0 spiro atoms. The number of carbonyl (C=O) groups excluding carboxylic acids is 2. The van der Waals surface area contributed by atoms with Crippen LogP contribution in [0.15, 0.2) is 78.9 Å². The van der Waals surface area contributed by atoms with Gasteiger partial charge < -0.3 is 15.0 Å². The number of benzene rings is 3. The van der Waals surface area contributed by atoms with Gasteiger partial charge in [-0.05, 0) is 68.1 Å². The van der Waals surface area contributed by atoms with Gasteiger partial charge in [-0.15, -0.1) is 0 Å². The van der Waals surface area contributed by atoms with Gasteiger partial charge in [-0.1, -0.05) is 74.2 Å². The Morgan fingerprint density at radius 3 is 2.12 bits per heavy atom. The number of nitrogens with one attached hydrogen (secondary N) is 1. The summed E-state index contributed by atoms with van der Waals surface area (Å²) in [5.74, 6) is 0.551. The Bertz CT molecular complexity index is 1420. The molecule has 1 aliphatic carbocycles. The number of para-hydroxylation sites is 1. The minimum atomic E-state index is -3.83. The summed E-state index contributed by atoms with van der Waals surface area (Å²) in [6, 6.07) is 23.0. The number of anilines is 1. The van der Waals surface area contributed by atoms with Crippen LogP contribution in [-0.2, 0) is 26.2 Å². The van der Waals surface area contributed by atoms with Gasteiger partial charge in [0.05, 0.1) is 11.9 Å². The molecule has 0 saturated heterocycles. The Hall–Kier alpha value is -3.85. The largest absolute Gasteiger partial charge is 0.457 e. The number of hydrogen-bond acceptors (Lipinski definition) is 5. The lowest BCUT2D eigenvalue weighted by atomic mass is 9.95. The Morgan fingerprint density at radius 1 is 0.905 bits per heavy atom. The van der Waals surface area contributed by atoms with E-state index in [9.17, 15) is 18.0 Å². The second kappa shape index (κ2) is 14.4. The molecule has 4 rings (SSSR count). The first-order chi connectivity index (χ1) is 20.1. The highest BCUT2D eigenvalue weighted by molar-refractivity contribution is 7.92. The molecule has 8 nitrogen and oxygen atoms in total. The van der Waals surface area contributed by atoms with E-state index >= 15 is 0 Å². The predicted molar refractivity (Wildman–Crippen MR) is 166 cm³/mol. The summed E-state index contributed by atoms with van der Waals surface area (Å²) in [5.41, 5.74) is 2.29. The van der Waals surface area contributed by atoms with Gasteiger partial charge in [0, 0.05) is 12.6 Å². The van der Waals surface area contributed by atoms with Crippen molar-refractivity contribution >= 4 is 27.5 Å². The van der Waals surface area contributed by atoms with Crippen LogP contribution in [0.2, 0.25) is 0 Å². The standard InChI is InChI=1S/C33H41N3O5S/c1-4-31(33(38)34-27-11-7-5-8-12-27)35(23-26-17-15-25(2)16-18-26)32(37)24-36(42(3,39)40)28-19-21-30(22-20-28)41-29-13-9-6-10-14-29/h6,9-10,13-22,27,31H,4-5,7-8,11-12,23-24H2,1-3H3,(H,34,38)/t31-/m1/s1. The summed E-state index contributed by atoms with van der Waals surface area (Å²) in [5, 5.41) is 3.16. The lowest BCUT2D eigenvalue weighted by Gasteiger charge is -2.34. The highest BCUT2D eigenvalue weighted by atomic mass is 32.2. The Balaban J connectivity index is 1.57. The molecule has 0 aliphatic heterocycles. The summed E-state index contributed by atoms with van der Waals surface area (Å²) in [6.45, 7) is 3.62. The van der Waals surface area contributed by atoms with Crippen molar-refractivity contribution in [2.24, 2.45) is 0 Å².